The van der Waals surface area contributed by atoms with Gasteiger partial charge in [-0.25, -0.2) is 8.42 Å². The van der Waals surface area contributed by atoms with E-state index < -0.39 is 14.6 Å². The number of rotatable bonds is 7. The summed E-state index contributed by atoms with van der Waals surface area (Å²) in [4.78, 5) is 5.67. The first-order valence-electron chi connectivity index (χ1n) is 7.53. The van der Waals surface area contributed by atoms with E-state index in [-0.39, 0.29) is 12.3 Å². The Kier molecular flexibility index (Phi) is 7.35. The summed E-state index contributed by atoms with van der Waals surface area (Å²) in [6.07, 6.45) is 0.933. The number of thiophene rings is 1. The first kappa shape index (κ1) is 19.0. The molecule has 0 aromatic carbocycles. The largest absolute Gasteiger partial charge is 0.357 e. The van der Waals surface area contributed by atoms with Crippen LogP contribution in [0, 0.1) is 0 Å². The molecule has 0 aliphatic carbocycles. The van der Waals surface area contributed by atoms with E-state index in [1.54, 1.807) is 32.1 Å². The smallest absolute Gasteiger partial charge is 0.191 e. The molecule has 0 saturated heterocycles. The number of nitrogens with zero attached hydrogens (tertiary/aromatic N) is 1. The average molecular weight is 346 g/mol. The van der Waals surface area contributed by atoms with Crippen molar-refractivity contribution in [2.45, 2.75) is 38.9 Å². The van der Waals surface area contributed by atoms with Gasteiger partial charge in [0.05, 0.1) is 17.0 Å². The summed E-state index contributed by atoms with van der Waals surface area (Å²) in [6.45, 7) is 8.94. The number of aliphatic imine (C=N–C) groups is 1. The lowest BCUT2D eigenvalue weighted by Crippen LogP contribution is -2.39. The van der Waals surface area contributed by atoms with E-state index in [9.17, 15) is 8.42 Å². The molecular formula is C15H27N3O2S2. The molecule has 1 heterocycles. The van der Waals surface area contributed by atoms with Crippen molar-refractivity contribution < 1.29 is 8.42 Å². The van der Waals surface area contributed by atoms with Crippen LogP contribution in [0.25, 0.3) is 0 Å². The highest BCUT2D eigenvalue weighted by molar-refractivity contribution is 7.92. The molecule has 22 heavy (non-hydrogen) atoms. The van der Waals surface area contributed by atoms with Gasteiger partial charge in [0.2, 0.25) is 0 Å². The van der Waals surface area contributed by atoms with Crippen LogP contribution in [0.4, 0.5) is 0 Å². The second kappa shape index (κ2) is 8.53. The molecule has 0 aliphatic heterocycles. The Hall–Kier alpha value is -1.08. The Morgan fingerprint density at radius 1 is 1.32 bits per heavy atom. The molecule has 0 bridgehead atoms. The van der Waals surface area contributed by atoms with Gasteiger partial charge in [-0.2, -0.15) is 0 Å². The monoisotopic (exact) mass is 345 g/mol. The van der Waals surface area contributed by atoms with Crippen molar-refractivity contribution >= 4 is 27.1 Å². The van der Waals surface area contributed by atoms with Crippen molar-refractivity contribution in [2.24, 2.45) is 4.99 Å². The SMILES string of the molecule is CCNC(=NCCS(=O)(=O)C(C)(C)C)NCCc1cccs1. The minimum absolute atomic E-state index is 0.0675. The lowest BCUT2D eigenvalue weighted by molar-refractivity contribution is 0.560. The minimum atomic E-state index is -3.13. The summed E-state index contributed by atoms with van der Waals surface area (Å²) < 4.78 is 23.4. The molecule has 0 amide bonds. The van der Waals surface area contributed by atoms with Crippen molar-refractivity contribution in [1.29, 1.82) is 0 Å². The van der Waals surface area contributed by atoms with Crippen LogP contribution in [0.5, 0.6) is 0 Å². The third-order valence-corrected chi connectivity index (χ3v) is 6.67. The molecular weight excluding hydrogens is 318 g/mol. The fourth-order valence-electron chi connectivity index (χ4n) is 1.68. The fraction of sp³-hybridized carbons (Fsp3) is 0.667. The summed E-state index contributed by atoms with van der Waals surface area (Å²) in [7, 11) is -3.13. The summed E-state index contributed by atoms with van der Waals surface area (Å²) in [6, 6.07) is 4.14. The highest BCUT2D eigenvalue weighted by Crippen LogP contribution is 2.15. The van der Waals surface area contributed by atoms with Gasteiger partial charge in [-0.05, 0) is 45.6 Å². The van der Waals surface area contributed by atoms with E-state index in [0.717, 1.165) is 19.5 Å². The maximum atomic E-state index is 12.1. The fourth-order valence-corrected chi connectivity index (χ4v) is 3.34. The first-order valence-corrected chi connectivity index (χ1v) is 10.1. The van der Waals surface area contributed by atoms with Gasteiger partial charge in [0.1, 0.15) is 0 Å². The molecule has 0 aliphatic rings. The molecule has 1 aromatic heterocycles. The second-order valence-corrected chi connectivity index (χ2v) is 9.84. The van der Waals surface area contributed by atoms with Gasteiger partial charge in [0, 0.05) is 18.0 Å². The standard InChI is InChI=1S/C15H27N3O2S2/c1-5-16-14(17-9-8-13-7-6-11-21-13)18-10-12-22(19,20)15(2,3)4/h6-7,11H,5,8-10,12H2,1-4H3,(H2,16,17,18). The van der Waals surface area contributed by atoms with Gasteiger partial charge < -0.3 is 10.6 Å². The van der Waals surface area contributed by atoms with Crippen molar-refractivity contribution in [3.63, 3.8) is 0 Å². The van der Waals surface area contributed by atoms with E-state index in [1.165, 1.54) is 4.88 Å². The van der Waals surface area contributed by atoms with Crippen LogP contribution in [0.1, 0.15) is 32.6 Å². The maximum Gasteiger partial charge on any atom is 0.191 e. The van der Waals surface area contributed by atoms with Gasteiger partial charge in [0.15, 0.2) is 15.8 Å². The number of hydrogen-bond acceptors (Lipinski definition) is 4. The molecule has 0 atom stereocenters. The molecule has 0 spiro atoms. The Morgan fingerprint density at radius 3 is 2.59 bits per heavy atom. The van der Waals surface area contributed by atoms with Crippen LogP contribution in [0.2, 0.25) is 0 Å². The average Bonchev–Trinajstić information content (AvgIpc) is 2.90. The van der Waals surface area contributed by atoms with Crippen LogP contribution in [-0.2, 0) is 16.3 Å². The van der Waals surface area contributed by atoms with Crippen LogP contribution >= 0.6 is 11.3 Å². The molecule has 0 saturated carbocycles. The van der Waals surface area contributed by atoms with E-state index in [1.807, 2.05) is 13.0 Å². The Labute approximate surface area is 138 Å². The highest BCUT2D eigenvalue weighted by Gasteiger charge is 2.28. The minimum Gasteiger partial charge on any atom is -0.357 e. The molecule has 5 nitrogen and oxygen atoms in total. The molecule has 7 heteroatoms. The van der Waals surface area contributed by atoms with Gasteiger partial charge in [-0.3, -0.25) is 4.99 Å². The molecule has 1 rings (SSSR count). The van der Waals surface area contributed by atoms with Gasteiger partial charge in [-0.15, -0.1) is 11.3 Å². The van der Waals surface area contributed by atoms with Crippen molar-refractivity contribution in [2.75, 3.05) is 25.4 Å². The van der Waals surface area contributed by atoms with Gasteiger partial charge >= 0.3 is 0 Å². The van der Waals surface area contributed by atoms with Crippen molar-refractivity contribution in [1.82, 2.24) is 10.6 Å². The Balaban J connectivity index is 2.48. The van der Waals surface area contributed by atoms with E-state index in [0.29, 0.717) is 5.96 Å². The summed E-state index contributed by atoms with van der Waals surface area (Å²) in [5.74, 6) is 0.737. The normalized spacial score (nSPS) is 13.2. The van der Waals surface area contributed by atoms with Crippen molar-refractivity contribution in [3.8, 4) is 0 Å². The number of sulfone groups is 1. The number of guanidine groups is 1. The lowest BCUT2D eigenvalue weighted by atomic mass is 10.3. The topological polar surface area (TPSA) is 70.6 Å². The highest BCUT2D eigenvalue weighted by atomic mass is 32.2. The summed E-state index contributed by atoms with van der Waals surface area (Å²) >= 11 is 1.73. The molecule has 0 radical (unpaired) electrons. The van der Waals surface area contributed by atoms with Crippen LogP contribution in [-0.4, -0.2) is 44.5 Å². The second-order valence-electron chi connectivity index (χ2n) is 5.95. The quantitative estimate of drug-likeness (QED) is 0.586. The third-order valence-electron chi connectivity index (χ3n) is 3.15. The maximum absolute atomic E-state index is 12.1. The van der Waals surface area contributed by atoms with Crippen molar-refractivity contribution in [3.05, 3.63) is 22.4 Å². The van der Waals surface area contributed by atoms with Gasteiger partial charge in [-0.1, -0.05) is 6.07 Å². The number of hydrogen-bond donors (Lipinski definition) is 2. The molecule has 2 N–H and O–H groups in total. The van der Waals surface area contributed by atoms with E-state index in [2.05, 4.69) is 27.1 Å². The molecule has 1 aromatic rings. The third kappa shape index (κ3) is 6.36. The zero-order valence-corrected chi connectivity index (χ0v) is 15.5. The predicted octanol–water partition coefficient (Wildman–Crippen LogP) is 2.06. The van der Waals surface area contributed by atoms with Gasteiger partial charge in [0.25, 0.3) is 0 Å². The summed E-state index contributed by atoms with van der Waals surface area (Å²) in [5.41, 5.74) is 0. The first-order chi connectivity index (χ1) is 10.3. The van der Waals surface area contributed by atoms with E-state index in [4.69, 9.17) is 0 Å². The van der Waals surface area contributed by atoms with Crippen LogP contribution in [0.3, 0.4) is 0 Å². The van der Waals surface area contributed by atoms with Crippen LogP contribution in [0.15, 0.2) is 22.5 Å². The van der Waals surface area contributed by atoms with Crippen LogP contribution < -0.4 is 10.6 Å². The summed E-state index contributed by atoms with van der Waals surface area (Å²) in [5, 5.41) is 8.43. The lowest BCUT2D eigenvalue weighted by Gasteiger charge is -2.18. The zero-order chi connectivity index (χ0) is 16.6. The number of nitrogens with one attached hydrogen (secondary N) is 2. The molecule has 0 unspecified atom stereocenters. The zero-order valence-electron chi connectivity index (χ0n) is 13.8. The predicted molar refractivity (Wildman–Crippen MR) is 95.5 cm³/mol. The Morgan fingerprint density at radius 2 is 2.05 bits per heavy atom. The molecule has 0 fully saturated rings. The molecule has 126 valence electrons. The van der Waals surface area contributed by atoms with E-state index >= 15 is 0 Å². The Bertz CT molecular complexity index is 558.